The number of halogens is 1. The first kappa shape index (κ1) is 14.7. The number of carbonyl (C=O) groups excluding carboxylic acids is 1. The first-order valence-corrected chi connectivity index (χ1v) is 7.00. The molecule has 1 amide bonds. The number of likely N-dealkylation sites (N-methyl/N-ethyl adjacent to an activating group) is 1. The zero-order chi connectivity index (χ0) is 14.5. The first-order chi connectivity index (χ1) is 9.58. The second-order valence-electron chi connectivity index (χ2n) is 4.65. The van der Waals surface area contributed by atoms with Gasteiger partial charge in [0.2, 0.25) is 5.91 Å². The Labute approximate surface area is 127 Å². The molecule has 1 heterocycles. The van der Waals surface area contributed by atoms with Crippen molar-refractivity contribution in [2.75, 3.05) is 19.4 Å². The predicted molar refractivity (Wildman–Crippen MR) is 83.4 cm³/mol. The minimum absolute atomic E-state index is 0.0784. The normalized spacial score (nSPS) is 12.2. The lowest BCUT2D eigenvalue weighted by atomic mass is 10.1. The van der Waals surface area contributed by atoms with E-state index in [1.54, 1.807) is 12.4 Å². The van der Waals surface area contributed by atoms with Crippen LogP contribution in [0.1, 0.15) is 11.6 Å². The van der Waals surface area contributed by atoms with Gasteiger partial charge in [-0.3, -0.25) is 14.7 Å². The number of rotatable bonds is 4. The van der Waals surface area contributed by atoms with E-state index in [4.69, 9.17) is 0 Å². The van der Waals surface area contributed by atoms with Gasteiger partial charge in [-0.1, -0.05) is 22.0 Å². The molecule has 0 saturated carbocycles. The summed E-state index contributed by atoms with van der Waals surface area (Å²) in [5.41, 5.74) is 1.64. The van der Waals surface area contributed by atoms with Crippen LogP contribution in [-0.2, 0) is 4.79 Å². The molecule has 1 aromatic heterocycles. The minimum atomic E-state index is -0.368. The van der Waals surface area contributed by atoms with Crippen molar-refractivity contribution < 1.29 is 4.79 Å². The number of nitrogens with one attached hydrogen (secondary N) is 1. The molecule has 0 spiro atoms. The van der Waals surface area contributed by atoms with Gasteiger partial charge in [0.15, 0.2) is 0 Å². The van der Waals surface area contributed by atoms with Crippen LogP contribution >= 0.6 is 15.9 Å². The molecule has 1 N–H and O–H groups in total. The fourth-order valence-corrected chi connectivity index (χ4v) is 2.23. The van der Waals surface area contributed by atoms with E-state index in [0.29, 0.717) is 0 Å². The predicted octanol–water partition coefficient (Wildman–Crippen LogP) is 3.09. The number of aromatic nitrogens is 1. The monoisotopic (exact) mass is 333 g/mol. The van der Waals surface area contributed by atoms with Crippen LogP contribution < -0.4 is 5.32 Å². The highest BCUT2D eigenvalue weighted by atomic mass is 79.9. The van der Waals surface area contributed by atoms with Crippen LogP contribution in [0.2, 0.25) is 0 Å². The van der Waals surface area contributed by atoms with Gasteiger partial charge >= 0.3 is 0 Å². The number of nitrogens with zero attached hydrogens (tertiary/aromatic N) is 2. The van der Waals surface area contributed by atoms with Crippen molar-refractivity contribution >= 4 is 27.5 Å². The van der Waals surface area contributed by atoms with E-state index in [9.17, 15) is 4.79 Å². The molecule has 2 aromatic rings. The summed E-state index contributed by atoms with van der Waals surface area (Å²) >= 11 is 3.37. The van der Waals surface area contributed by atoms with E-state index in [1.807, 2.05) is 55.4 Å². The van der Waals surface area contributed by atoms with Crippen LogP contribution in [0.25, 0.3) is 0 Å². The summed E-state index contributed by atoms with van der Waals surface area (Å²) in [6.07, 6.45) is 3.41. The van der Waals surface area contributed by atoms with Gasteiger partial charge in [0.05, 0.1) is 0 Å². The summed E-state index contributed by atoms with van der Waals surface area (Å²) < 4.78 is 0.979. The average Bonchev–Trinajstić information content (AvgIpc) is 2.42. The Bertz CT molecular complexity index is 569. The summed E-state index contributed by atoms with van der Waals surface area (Å²) in [6.45, 7) is 0. The van der Waals surface area contributed by atoms with Gasteiger partial charge in [-0.15, -0.1) is 0 Å². The highest BCUT2D eigenvalue weighted by Gasteiger charge is 2.23. The van der Waals surface area contributed by atoms with Crippen molar-refractivity contribution in [3.05, 3.63) is 58.8 Å². The summed E-state index contributed by atoms with van der Waals surface area (Å²) in [5.74, 6) is -0.0784. The van der Waals surface area contributed by atoms with Crippen molar-refractivity contribution in [2.24, 2.45) is 0 Å². The molecule has 1 aromatic carbocycles. The van der Waals surface area contributed by atoms with Gasteiger partial charge < -0.3 is 5.32 Å². The van der Waals surface area contributed by atoms with E-state index in [-0.39, 0.29) is 11.9 Å². The number of amides is 1. The van der Waals surface area contributed by atoms with E-state index < -0.39 is 0 Å². The number of hydrogen-bond donors (Lipinski definition) is 1. The van der Waals surface area contributed by atoms with E-state index >= 15 is 0 Å². The Morgan fingerprint density at radius 1 is 1.25 bits per heavy atom. The van der Waals surface area contributed by atoms with Crippen LogP contribution in [0.3, 0.4) is 0 Å². The lowest BCUT2D eigenvalue weighted by molar-refractivity contribution is -0.120. The minimum Gasteiger partial charge on any atom is -0.324 e. The Hall–Kier alpha value is -1.72. The van der Waals surface area contributed by atoms with Crippen LogP contribution in [0.4, 0.5) is 5.69 Å². The Kier molecular flexibility index (Phi) is 4.87. The van der Waals surface area contributed by atoms with Gasteiger partial charge in [0, 0.05) is 22.6 Å². The molecule has 1 unspecified atom stereocenters. The fourth-order valence-electron chi connectivity index (χ4n) is 1.97. The summed E-state index contributed by atoms with van der Waals surface area (Å²) in [4.78, 5) is 18.4. The molecule has 1 atom stereocenters. The molecule has 0 bridgehead atoms. The number of pyridine rings is 1. The molecule has 104 valence electrons. The van der Waals surface area contributed by atoms with E-state index in [0.717, 1.165) is 15.7 Å². The Morgan fingerprint density at radius 2 is 1.95 bits per heavy atom. The van der Waals surface area contributed by atoms with Gasteiger partial charge in [-0.25, -0.2) is 0 Å². The third kappa shape index (κ3) is 3.65. The number of carbonyl (C=O) groups is 1. The number of benzene rings is 1. The van der Waals surface area contributed by atoms with Crippen molar-refractivity contribution in [1.29, 1.82) is 0 Å². The van der Waals surface area contributed by atoms with Crippen LogP contribution in [0, 0.1) is 0 Å². The number of anilines is 1. The highest BCUT2D eigenvalue weighted by Crippen LogP contribution is 2.20. The Balaban J connectivity index is 2.18. The van der Waals surface area contributed by atoms with Crippen molar-refractivity contribution in [3.8, 4) is 0 Å². The summed E-state index contributed by atoms with van der Waals surface area (Å²) in [5, 5.41) is 2.92. The standard InChI is InChI=1S/C15H16BrN3O/c1-19(2)14(11-4-3-9-17-10-11)15(20)18-13-7-5-12(16)6-8-13/h3-10,14H,1-2H3,(H,18,20). The maximum Gasteiger partial charge on any atom is 0.246 e. The molecule has 0 aliphatic carbocycles. The van der Waals surface area contributed by atoms with Crippen LogP contribution in [0.15, 0.2) is 53.3 Å². The van der Waals surface area contributed by atoms with Gasteiger partial charge in [-0.2, -0.15) is 0 Å². The van der Waals surface area contributed by atoms with E-state index in [1.165, 1.54) is 0 Å². The van der Waals surface area contributed by atoms with Crippen molar-refractivity contribution in [2.45, 2.75) is 6.04 Å². The molecule has 5 heteroatoms. The topological polar surface area (TPSA) is 45.2 Å². The first-order valence-electron chi connectivity index (χ1n) is 6.20. The third-order valence-corrected chi connectivity index (χ3v) is 3.41. The zero-order valence-corrected chi connectivity index (χ0v) is 13.0. The molecule has 0 aliphatic heterocycles. The molecule has 2 rings (SSSR count). The molecular formula is C15H16BrN3O. The third-order valence-electron chi connectivity index (χ3n) is 2.88. The number of hydrogen-bond acceptors (Lipinski definition) is 3. The smallest absolute Gasteiger partial charge is 0.246 e. The molecule has 0 fully saturated rings. The lowest BCUT2D eigenvalue weighted by Crippen LogP contribution is -2.32. The Morgan fingerprint density at radius 3 is 2.50 bits per heavy atom. The SMILES string of the molecule is CN(C)C(C(=O)Nc1ccc(Br)cc1)c1cccnc1. The molecule has 0 saturated heterocycles. The van der Waals surface area contributed by atoms with E-state index in [2.05, 4.69) is 26.2 Å². The summed E-state index contributed by atoms with van der Waals surface area (Å²) in [6, 6.07) is 10.9. The maximum atomic E-state index is 12.4. The van der Waals surface area contributed by atoms with Crippen LogP contribution in [-0.4, -0.2) is 29.9 Å². The average molecular weight is 334 g/mol. The largest absolute Gasteiger partial charge is 0.324 e. The second kappa shape index (κ2) is 6.63. The molecular weight excluding hydrogens is 318 g/mol. The lowest BCUT2D eigenvalue weighted by Gasteiger charge is -2.23. The van der Waals surface area contributed by atoms with Gasteiger partial charge in [-0.05, 0) is 50.0 Å². The van der Waals surface area contributed by atoms with Gasteiger partial charge in [0.25, 0.3) is 0 Å². The molecule has 0 aliphatic rings. The fraction of sp³-hybridized carbons (Fsp3) is 0.200. The maximum absolute atomic E-state index is 12.4. The summed E-state index contributed by atoms with van der Waals surface area (Å²) in [7, 11) is 3.75. The zero-order valence-electron chi connectivity index (χ0n) is 11.4. The van der Waals surface area contributed by atoms with Gasteiger partial charge in [0.1, 0.15) is 6.04 Å². The van der Waals surface area contributed by atoms with Crippen LogP contribution in [0.5, 0.6) is 0 Å². The second-order valence-corrected chi connectivity index (χ2v) is 5.56. The molecule has 20 heavy (non-hydrogen) atoms. The molecule has 0 radical (unpaired) electrons. The van der Waals surface area contributed by atoms with Crippen molar-refractivity contribution in [3.63, 3.8) is 0 Å². The quantitative estimate of drug-likeness (QED) is 0.935. The van der Waals surface area contributed by atoms with Crippen molar-refractivity contribution in [1.82, 2.24) is 9.88 Å². The molecule has 4 nitrogen and oxygen atoms in total. The highest BCUT2D eigenvalue weighted by molar-refractivity contribution is 9.10.